The number of halogens is 1. The number of likely N-dealkylation sites (N-methyl/N-ethyl adjacent to an activating group) is 1. The van der Waals surface area contributed by atoms with E-state index in [-0.39, 0.29) is 24.5 Å². The van der Waals surface area contributed by atoms with Crippen LogP contribution in [-0.2, 0) is 24.4 Å². The monoisotopic (exact) mass is 463 g/mol. The molecule has 0 radical (unpaired) electrons. The van der Waals surface area contributed by atoms with E-state index in [0.717, 1.165) is 10.3 Å². The third-order valence-electron chi connectivity index (χ3n) is 5.81. The highest BCUT2D eigenvalue weighted by molar-refractivity contribution is 5.94. The van der Waals surface area contributed by atoms with Crippen LogP contribution < -0.4 is 16.1 Å². The molecule has 0 saturated heterocycles. The predicted molar refractivity (Wildman–Crippen MR) is 129 cm³/mol. The lowest BCUT2D eigenvalue weighted by molar-refractivity contribution is -0.119. The number of fused-ring (bicyclic) bond motifs is 1. The number of nitrogens with zero attached hydrogens (tertiary/aromatic N) is 5. The van der Waals surface area contributed by atoms with E-state index in [0.29, 0.717) is 29.9 Å². The number of amides is 1. The summed E-state index contributed by atoms with van der Waals surface area (Å²) in [6.07, 6.45) is 0. The van der Waals surface area contributed by atoms with Gasteiger partial charge in [-0.2, -0.15) is 5.10 Å². The Kier molecular flexibility index (Phi) is 6.45. The summed E-state index contributed by atoms with van der Waals surface area (Å²) in [4.78, 5) is 41.9. The first-order chi connectivity index (χ1) is 16.3. The Hall–Kier alpha value is -4.01. The largest absolute Gasteiger partial charge is 0.332 e. The van der Waals surface area contributed by atoms with Crippen LogP contribution in [0.3, 0.4) is 0 Å². The van der Waals surface area contributed by atoms with Crippen LogP contribution in [0.4, 0.5) is 10.1 Å². The molecule has 2 heterocycles. The molecule has 0 saturated carbocycles. The predicted octanol–water partition coefficient (Wildman–Crippen LogP) is 2.93. The average molecular weight is 464 g/mol. The van der Waals surface area contributed by atoms with Gasteiger partial charge in [-0.3, -0.25) is 23.4 Å². The van der Waals surface area contributed by atoms with Gasteiger partial charge in [0.25, 0.3) is 5.56 Å². The summed E-state index contributed by atoms with van der Waals surface area (Å²) in [6, 6.07) is 14.8. The number of carbonyl (C=O) groups excluding carboxylic acids is 1. The normalized spacial score (nSPS) is 11.2. The molecule has 2 aromatic heterocycles. The number of rotatable bonds is 7. The maximum atomic E-state index is 13.6. The highest BCUT2D eigenvalue weighted by Gasteiger charge is 2.23. The van der Waals surface area contributed by atoms with Gasteiger partial charge in [-0.25, -0.2) is 9.18 Å². The Bertz CT molecular complexity index is 1450. The van der Waals surface area contributed by atoms with E-state index in [1.807, 2.05) is 44.2 Å². The third kappa shape index (κ3) is 4.16. The average Bonchev–Trinajstić information content (AvgIpc) is 3.18. The second-order valence-electron chi connectivity index (χ2n) is 7.96. The lowest BCUT2D eigenvalue weighted by Gasteiger charge is -2.22. The summed E-state index contributed by atoms with van der Waals surface area (Å²) in [5.41, 5.74) is 1.32. The van der Waals surface area contributed by atoms with Crippen LogP contribution in [0.5, 0.6) is 0 Å². The molecule has 0 unspecified atom stereocenters. The van der Waals surface area contributed by atoms with Crippen LogP contribution in [0.25, 0.3) is 11.0 Å². The summed E-state index contributed by atoms with van der Waals surface area (Å²) in [5.74, 6) is -0.692. The molecule has 176 valence electrons. The molecular formula is C25H26FN5O3. The van der Waals surface area contributed by atoms with Gasteiger partial charge in [0.15, 0.2) is 5.52 Å². The van der Waals surface area contributed by atoms with Gasteiger partial charge >= 0.3 is 5.69 Å². The van der Waals surface area contributed by atoms with Crippen molar-refractivity contribution in [1.82, 2.24) is 18.9 Å². The Balaban J connectivity index is 1.87. The van der Waals surface area contributed by atoms with Crippen molar-refractivity contribution in [2.45, 2.75) is 40.4 Å². The van der Waals surface area contributed by atoms with Gasteiger partial charge in [-0.05, 0) is 50.6 Å². The van der Waals surface area contributed by atoms with E-state index in [2.05, 4.69) is 5.10 Å². The van der Waals surface area contributed by atoms with E-state index >= 15 is 0 Å². The molecule has 4 rings (SSSR count). The first kappa shape index (κ1) is 23.2. The minimum absolute atomic E-state index is 0.0494. The van der Waals surface area contributed by atoms with Crippen LogP contribution in [0.2, 0.25) is 0 Å². The molecule has 8 nitrogen and oxygen atoms in total. The first-order valence-electron chi connectivity index (χ1n) is 11.2. The van der Waals surface area contributed by atoms with Gasteiger partial charge < -0.3 is 4.90 Å². The summed E-state index contributed by atoms with van der Waals surface area (Å²) in [7, 11) is 0. The molecule has 1 amide bonds. The molecule has 0 bridgehead atoms. The number of aryl methyl sites for hydroxylation is 2. The molecule has 2 aromatic carbocycles. The number of carbonyl (C=O) groups is 1. The Morgan fingerprint density at radius 2 is 1.65 bits per heavy atom. The standard InChI is InChI=1S/C25H26FN5O3/c1-4-28(20-9-7-6-8-10-20)21(32)16-29-22-17(3)27-31(5-2)23(22)24(33)30(25(29)34)15-18-11-13-19(26)14-12-18/h6-14H,4-5,15-16H2,1-3H3. The molecule has 9 heteroatoms. The Morgan fingerprint density at radius 1 is 0.971 bits per heavy atom. The zero-order valence-corrected chi connectivity index (χ0v) is 19.4. The molecular weight excluding hydrogens is 437 g/mol. The molecule has 34 heavy (non-hydrogen) atoms. The van der Waals surface area contributed by atoms with Crippen molar-refractivity contribution in [3.05, 3.63) is 92.5 Å². The summed E-state index contributed by atoms with van der Waals surface area (Å²) >= 11 is 0. The Morgan fingerprint density at radius 3 is 2.26 bits per heavy atom. The fourth-order valence-electron chi connectivity index (χ4n) is 4.18. The van der Waals surface area contributed by atoms with Gasteiger partial charge in [-0.1, -0.05) is 30.3 Å². The molecule has 4 aromatic rings. The van der Waals surface area contributed by atoms with Gasteiger partial charge in [0.05, 0.1) is 12.2 Å². The number of hydrogen-bond acceptors (Lipinski definition) is 4. The van der Waals surface area contributed by atoms with Gasteiger partial charge in [0, 0.05) is 18.8 Å². The van der Waals surface area contributed by atoms with Gasteiger partial charge in [0.2, 0.25) is 5.91 Å². The van der Waals surface area contributed by atoms with E-state index in [9.17, 15) is 18.8 Å². The van der Waals surface area contributed by atoms with E-state index in [4.69, 9.17) is 0 Å². The van der Waals surface area contributed by atoms with Crippen molar-refractivity contribution < 1.29 is 9.18 Å². The van der Waals surface area contributed by atoms with Crippen LogP contribution in [0, 0.1) is 12.7 Å². The summed E-state index contributed by atoms with van der Waals surface area (Å²) in [6.45, 7) is 5.97. The van der Waals surface area contributed by atoms with Crippen LogP contribution in [0.1, 0.15) is 25.1 Å². The van der Waals surface area contributed by atoms with Gasteiger partial charge in [-0.15, -0.1) is 0 Å². The summed E-state index contributed by atoms with van der Waals surface area (Å²) in [5, 5.41) is 4.43. The smallest absolute Gasteiger partial charge is 0.311 e. The highest BCUT2D eigenvalue weighted by atomic mass is 19.1. The third-order valence-corrected chi connectivity index (χ3v) is 5.81. The molecule has 0 N–H and O–H groups in total. The minimum atomic E-state index is -0.613. The quantitative estimate of drug-likeness (QED) is 0.422. The summed E-state index contributed by atoms with van der Waals surface area (Å²) < 4.78 is 17.3. The molecule has 0 aliphatic rings. The number of aromatic nitrogens is 4. The number of hydrogen-bond donors (Lipinski definition) is 0. The fourth-order valence-corrected chi connectivity index (χ4v) is 4.18. The van der Waals surface area contributed by atoms with E-state index < -0.39 is 17.1 Å². The van der Waals surface area contributed by atoms with Crippen LogP contribution >= 0.6 is 0 Å². The second-order valence-corrected chi connectivity index (χ2v) is 7.96. The van der Waals surface area contributed by atoms with Crippen molar-refractivity contribution in [3.8, 4) is 0 Å². The number of benzene rings is 2. The highest BCUT2D eigenvalue weighted by Crippen LogP contribution is 2.17. The number of para-hydroxylation sites is 1. The van der Waals surface area contributed by atoms with Crippen LogP contribution in [-0.4, -0.2) is 31.4 Å². The van der Waals surface area contributed by atoms with Crippen molar-refractivity contribution in [2.75, 3.05) is 11.4 Å². The maximum absolute atomic E-state index is 13.6. The maximum Gasteiger partial charge on any atom is 0.332 e. The topological polar surface area (TPSA) is 82.1 Å². The zero-order valence-electron chi connectivity index (χ0n) is 19.4. The van der Waals surface area contributed by atoms with Gasteiger partial charge in [0.1, 0.15) is 17.9 Å². The zero-order chi connectivity index (χ0) is 24.4. The second kappa shape index (κ2) is 9.46. The fraction of sp³-hybridized carbons (Fsp3) is 0.280. The lowest BCUT2D eigenvalue weighted by Crippen LogP contribution is -2.44. The van der Waals surface area contributed by atoms with Crippen molar-refractivity contribution >= 4 is 22.6 Å². The van der Waals surface area contributed by atoms with E-state index in [1.165, 1.54) is 28.8 Å². The molecule has 0 aliphatic carbocycles. The number of anilines is 1. The first-order valence-corrected chi connectivity index (χ1v) is 11.2. The molecule has 0 aliphatic heterocycles. The molecule has 0 fully saturated rings. The Labute approximate surface area is 195 Å². The minimum Gasteiger partial charge on any atom is -0.311 e. The van der Waals surface area contributed by atoms with Crippen molar-refractivity contribution in [3.63, 3.8) is 0 Å². The molecule has 0 spiro atoms. The lowest BCUT2D eigenvalue weighted by atomic mass is 10.2. The van der Waals surface area contributed by atoms with Crippen molar-refractivity contribution in [2.24, 2.45) is 0 Å². The van der Waals surface area contributed by atoms with Crippen molar-refractivity contribution in [1.29, 1.82) is 0 Å². The van der Waals surface area contributed by atoms with Crippen LogP contribution in [0.15, 0.2) is 64.2 Å². The molecule has 0 atom stereocenters. The SMILES string of the molecule is CCN(C(=O)Cn1c(=O)n(Cc2ccc(F)cc2)c(=O)c2c1c(C)nn2CC)c1ccccc1. The van der Waals surface area contributed by atoms with E-state index in [1.54, 1.807) is 16.5 Å².